The minimum absolute atomic E-state index is 0.00295. The van der Waals surface area contributed by atoms with Crippen molar-refractivity contribution in [3.05, 3.63) is 66.4 Å². The number of anilines is 3. The quantitative estimate of drug-likeness (QED) is 0.445. The maximum Gasteiger partial charge on any atom is 0.239 e. The highest BCUT2D eigenvalue weighted by molar-refractivity contribution is 5.82. The number of piperazine rings is 1. The molecule has 2 heterocycles. The van der Waals surface area contributed by atoms with Crippen molar-refractivity contribution in [2.75, 3.05) is 36.4 Å². The van der Waals surface area contributed by atoms with Gasteiger partial charge in [0.2, 0.25) is 17.8 Å². The minimum atomic E-state index is -0.461. The summed E-state index contributed by atoms with van der Waals surface area (Å²) in [5, 5.41) is 3.26. The smallest absolute Gasteiger partial charge is 0.239 e. The minimum Gasteiger partial charge on any atom is -0.369 e. The highest BCUT2D eigenvalue weighted by atomic mass is 16.2. The molecule has 1 unspecified atom stereocenters. The number of aromatic nitrogens is 2. The molecular formula is C27H33N7O2. The molecule has 1 aliphatic rings. The molecule has 9 heteroatoms. The van der Waals surface area contributed by atoms with Crippen LogP contribution in [0.2, 0.25) is 0 Å². The molecule has 0 spiro atoms. The molecule has 1 saturated heterocycles. The van der Waals surface area contributed by atoms with Gasteiger partial charge in [-0.05, 0) is 49.2 Å². The van der Waals surface area contributed by atoms with E-state index in [2.05, 4.69) is 32.3 Å². The van der Waals surface area contributed by atoms with Gasteiger partial charge in [0.05, 0.1) is 17.7 Å². The molecule has 4 rings (SSSR count). The average molecular weight is 488 g/mol. The first-order valence-corrected chi connectivity index (χ1v) is 12.2. The van der Waals surface area contributed by atoms with Crippen LogP contribution in [0.25, 0.3) is 11.3 Å². The van der Waals surface area contributed by atoms with Gasteiger partial charge in [0.1, 0.15) is 0 Å². The van der Waals surface area contributed by atoms with Crippen molar-refractivity contribution >= 4 is 29.1 Å². The maximum atomic E-state index is 12.1. The van der Waals surface area contributed by atoms with Crippen molar-refractivity contribution in [3.8, 4) is 11.3 Å². The third kappa shape index (κ3) is 5.80. The summed E-state index contributed by atoms with van der Waals surface area (Å²) >= 11 is 0. The number of nitrogens with zero attached hydrogens (tertiary/aromatic N) is 4. The van der Waals surface area contributed by atoms with Crippen LogP contribution in [0.1, 0.15) is 31.7 Å². The Bertz CT molecular complexity index is 1190. The lowest BCUT2D eigenvalue weighted by molar-refractivity contribution is -0.132. The number of benzene rings is 2. The zero-order valence-electron chi connectivity index (χ0n) is 20.7. The van der Waals surface area contributed by atoms with Crippen molar-refractivity contribution in [2.45, 2.75) is 32.2 Å². The van der Waals surface area contributed by atoms with Crippen LogP contribution >= 0.6 is 0 Å². The number of rotatable bonds is 8. The third-order valence-electron chi connectivity index (χ3n) is 6.49. The summed E-state index contributed by atoms with van der Waals surface area (Å²) in [4.78, 5) is 36.8. The number of primary amides is 1. The van der Waals surface area contributed by atoms with E-state index in [0.29, 0.717) is 25.5 Å². The Morgan fingerprint density at radius 3 is 2.25 bits per heavy atom. The van der Waals surface area contributed by atoms with Crippen molar-refractivity contribution in [1.29, 1.82) is 0 Å². The fourth-order valence-electron chi connectivity index (χ4n) is 4.42. The fraction of sp³-hybridized carbons (Fsp3) is 0.333. The predicted molar refractivity (Wildman–Crippen MR) is 142 cm³/mol. The molecule has 2 aromatic carbocycles. The molecule has 2 atom stereocenters. The van der Waals surface area contributed by atoms with Gasteiger partial charge in [-0.2, -0.15) is 0 Å². The van der Waals surface area contributed by atoms with Gasteiger partial charge in [-0.15, -0.1) is 0 Å². The summed E-state index contributed by atoms with van der Waals surface area (Å²) in [5.74, 6) is -0.104. The average Bonchev–Trinajstić information content (AvgIpc) is 2.89. The molecular weight excluding hydrogens is 454 g/mol. The number of hydrogen-bond acceptors (Lipinski definition) is 7. The molecule has 3 aromatic rings. The Labute approximate surface area is 211 Å². The van der Waals surface area contributed by atoms with Gasteiger partial charge in [-0.25, -0.2) is 9.97 Å². The first-order valence-electron chi connectivity index (χ1n) is 12.2. The van der Waals surface area contributed by atoms with Crippen molar-refractivity contribution < 1.29 is 9.59 Å². The van der Waals surface area contributed by atoms with Crippen molar-refractivity contribution in [3.63, 3.8) is 0 Å². The SMILES string of the molecule is CC[C@@H](C(N)=O)c1ccc(-c2ccnc(Nc3ccc(N4CCN(C(=O)C(C)N)CC4)cc3)n2)cc1. The second kappa shape index (κ2) is 11.2. The van der Waals surface area contributed by atoms with Crippen molar-refractivity contribution in [1.82, 2.24) is 14.9 Å². The molecule has 1 aromatic heterocycles. The van der Waals surface area contributed by atoms with Crippen LogP contribution < -0.4 is 21.7 Å². The largest absolute Gasteiger partial charge is 0.369 e. The maximum absolute atomic E-state index is 12.1. The number of nitrogens with one attached hydrogen (secondary N) is 1. The number of carbonyl (C=O) groups excluding carboxylic acids is 2. The van der Waals surface area contributed by atoms with E-state index < -0.39 is 6.04 Å². The first kappa shape index (κ1) is 25.1. The summed E-state index contributed by atoms with van der Waals surface area (Å²) in [6, 6.07) is 17.2. The normalized spacial score (nSPS) is 15.3. The van der Waals surface area contributed by atoms with E-state index in [-0.39, 0.29) is 17.7 Å². The summed E-state index contributed by atoms with van der Waals surface area (Å²) in [7, 11) is 0. The van der Waals surface area contributed by atoms with Crippen LogP contribution in [-0.2, 0) is 9.59 Å². The lowest BCUT2D eigenvalue weighted by atomic mass is 9.94. The third-order valence-corrected chi connectivity index (χ3v) is 6.49. The van der Waals surface area contributed by atoms with Crippen LogP contribution in [0.3, 0.4) is 0 Å². The van der Waals surface area contributed by atoms with Gasteiger partial charge in [0, 0.05) is 49.3 Å². The van der Waals surface area contributed by atoms with Gasteiger partial charge >= 0.3 is 0 Å². The number of amides is 2. The molecule has 188 valence electrons. The first-order chi connectivity index (χ1) is 17.4. The summed E-state index contributed by atoms with van der Waals surface area (Å²) in [6.07, 6.45) is 2.38. The lowest BCUT2D eigenvalue weighted by Gasteiger charge is -2.36. The number of hydrogen-bond donors (Lipinski definition) is 3. The van der Waals surface area contributed by atoms with Gasteiger partial charge in [-0.3, -0.25) is 9.59 Å². The van der Waals surface area contributed by atoms with E-state index in [1.165, 1.54) is 0 Å². The van der Waals surface area contributed by atoms with Crippen molar-refractivity contribution in [2.24, 2.45) is 11.5 Å². The Balaban J connectivity index is 1.39. The molecule has 0 aliphatic carbocycles. The standard InChI is InChI=1S/C27H33N7O2/c1-3-23(25(29)35)19-4-6-20(7-5-19)24-12-13-30-27(32-24)31-21-8-10-22(11-9-21)33-14-16-34(17-15-33)26(36)18(2)28/h4-13,18,23H,3,14-17,28H2,1-2H3,(H2,29,35)(H,30,31,32)/t18?,23-/m1/s1. The Morgan fingerprint density at radius 2 is 1.67 bits per heavy atom. The van der Waals surface area contributed by atoms with Gasteiger partial charge in [0.25, 0.3) is 0 Å². The topological polar surface area (TPSA) is 130 Å². The second-order valence-electron chi connectivity index (χ2n) is 9.02. The summed E-state index contributed by atoms with van der Waals surface area (Å²) in [6.45, 7) is 6.56. The van der Waals surface area contributed by atoms with E-state index in [1.807, 2.05) is 54.3 Å². The summed E-state index contributed by atoms with van der Waals surface area (Å²) < 4.78 is 0. The van der Waals surface area contributed by atoms with Gasteiger partial charge < -0.3 is 26.6 Å². The van der Waals surface area contributed by atoms with E-state index in [0.717, 1.165) is 41.3 Å². The summed E-state index contributed by atoms with van der Waals surface area (Å²) in [5.41, 5.74) is 15.8. The van der Waals surface area contributed by atoms with Gasteiger partial charge in [0.15, 0.2) is 0 Å². The Hall–Kier alpha value is -3.98. The fourth-order valence-corrected chi connectivity index (χ4v) is 4.42. The van der Waals surface area contributed by atoms with Crippen LogP contribution in [0.5, 0.6) is 0 Å². The molecule has 0 radical (unpaired) electrons. The highest BCUT2D eigenvalue weighted by Gasteiger charge is 2.23. The highest BCUT2D eigenvalue weighted by Crippen LogP contribution is 2.25. The Kier molecular flexibility index (Phi) is 7.80. The van der Waals surface area contributed by atoms with E-state index >= 15 is 0 Å². The zero-order valence-corrected chi connectivity index (χ0v) is 20.7. The lowest BCUT2D eigenvalue weighted by Crippen LogP contribution is -2.52. The Morgan fingerprint density at radius 1 is 1.00 bits per heavy atom. The van der Waals surface area contributed by atoms with E-state index in [9.17, 15) is 9.59 Å². The van der Waals surface area contributed by atoms with Crippen LogP contribution in [-0.4, -0.2) is 58.9 Å². The molecule has 9 nitrogen and oxygen atoms in total. The zero-order chi connectivity index (χ0) is 25.7. The molecule has 1 fully saturated rings. The van der Waals surface area contributed by atoms with Gasteiger partial charge in [-0.1, -0.05) is 31.2 Å². The molecule has 0 saturated carbocycles. The second-order valence-corrected chi connectivity index (χ2v) is 9.02. The molecule has 1 aliphatic heterocycles. The number of nitrogens with two attached hydrogens (primary N) is 2. The monoisotopic (exact) mass is 487 g/mol. The molecule has 5 N–H and O–H groups in total. The van der Waals surface area contributed by atoms with Crippen LogP contribution in [0.15, 0.2) is 60.8 Å². The van der Waals surface area contributed by atoms with Crippen LogP contribution in [0, 0.1) is 0 Å². The van der Waals surface area contributed by atoms with E-state index in [4.69, 9.17) is 11.5 Å². The molecule has 0 bridgehead atoms. The molecule has 36 heavy (non-hydrogen) atoms. The van der Waals surface area contributed by atoms with E-state index in [1.54, 1.807) is 13.1 Å². The number of carbonyl (C=O) groups is 2. The van der Waals surface area contributed by atoms with Crippen LogP contribution in [0.4, 0.5) is 17.3 Å². The predicted octanol–water partition coefficient (Wildman–Crippen LogP) is 2.86. The molecule has 2 amide bonds.